The van der Waals surface area contributed by atoms with Crippen LogP contribution >= 0.6 is 15.9 Å². The summed E-state index contributed by atoms with van der Waals surface area (Å²) in [7, 11) is 0. The quantitative estimate of drug-likeness (QED) is 0.358. The van der Waals surface area contributed by atoms with Gasteiger partial charge in [-0.25, -0.2) is 0 Å². The fraction of sp³-hybridized carbons (Fsp3) is 0. The molecule has 0 radical (unpaired) electrons. The molecule has 0 aromatic carbocycles. The third-order valence-corrected chi connectivity index (χ3v) is 0. The van der Waals surface area contributed by atoms with Gasteiger partial charge in [-0.15, -0.1) is 0 Å². The maximum Gasteiger partial charge on any atom is 1.00 e. The third kappa shape index (κ3) is 77.0. The Hall–Kier alpha value is 1.03. The molecule has 0 fully saturated rings. The fourth-order valence-corrected chi connectivity index (χ4v) is 0. The van der Waals surface area contributed by atoms with Gasteiger partial charge in [0.2, 0.25) is 0 Å². The SMILES string of the molecule is F.N#CBr.[3HH].[AlH3].[H-].[Li+]. The smallest absolute Gasteiger partial charge is 1.00 e. The van der Waals surface area contributed by atoms with E-state index in [0.29, 0.717) is 0 Å². The van der Waals surface area contributed by atoms with Crippen LogP contribution in [0.1, 0.15) is 2.85 Å². The molecule has 0 aliphatic heterocycles. The molecule has 0 bridgehead atoms. The number of rotatable bonds is 0. The zero-order valence-electron chi connectivity index (χ0n) is 3.73. The van der Waals surface area contributed by atoms with Crippen LogP contribution < -0.4 is 18.9 Å². The molecular formula is CH7AlBrFLiN. The van der Waals surface area contributed by atoms with Crippen LogP contribution in [-0.2, 0) is 0 Å². The molecule has 0 amide bonds. The minimum atomic E-state index is 0. The molecule has 5 heteroatoms. The van der Waals surface area contributed by atoms with Crippen LogP contribution in [0.5, 0.6) is 0 Å². The van der Waals surface area contributed by atoms with Gasteiger partial charge in [-0.3, -0.25) is 4.70 Å². The van der Waals surface area contributed by atoms with Crippen molar-refractivity contribution < 1.29 is 26.4 Å². The zero-order valence-corrected chi connectivity index (χ0v) is 4.32. The van der Waals surface area contributed by atoms with Gasteiger partial charge >= 0.3 is 18.9 Å². The van der Waals surface area contributed by atoms with E-state index in [0.717, 1.165) is 0 Å². The maximum absolute atomic E-state index is 7.24. The van der Waals surface area contributed by atoms with Crippen molar-refractivity contribution in [2.75, 3.05) is 0 Å². The number of hydrogen-bond donors (Lipinski definition) is 0. The van der Waals surface area contributed by atoms with Gasteiger partial charge in [-0.1, -0.05) is 0 Å². The molecular weight excluding hydrogens is 159 g/mol. The van der Waals surface area contributed by atoms with Crippen molar-refractivity contribution in [3.8, 4) is 4.98 Å². The Morgan fingerprint density at radius 3 is 1.83 bits per heavy atom. The molecule has 0 saturated heterocycles. The number of nitrogens with zero attached hydrogens (tertiary/aromatic N) is 1. The molecule has 0 unspecified atom stereocenters. The van der Waals surface area contributed by atoms with Crippen molar-refractivity contribution in [2.45, 2.75) is 0 Å². The van der Waals surface area contributed by atoms with Crippen molar-refractivity contribution in [1.82, 2.24) is 0 Å². The summed E-state index contributed by atoms with van der Waals surface area (Å²) < 4.78 is 0. The van der Waals surface area contributed by atoms with Gasteiger partial charge in [0.25, 0.3) is 0 Å². The van der Waals surface area contributed by atoms with Crippen molar-refractivity contribution in [1.29, 1.82) is 5.26 Å². The van der Waals surface area contributed by atoms with Gasteiger partial charge < -0.3 is 1.43 Å². The van der Waals surface area contributed by atoms with Crippen molar-refractivity contribution >= 4 is 33.3 Å². The van der Waals surface area contributed by atoms with E-state index in [-0.39, 0.29) is 43.8 Å². The predicted molar refractivity (Wildman–Crippen MR) is 30.2 cm³/mol. The van der Waals surface area contributed by atoms with Gasteiger partial charge in [-0.05, 0) is 0 Å². The van der Waals surface area contributed by atoms with Crippen molar-refractivity contribution in [2.24, 2.45) is 0 Å². The van der Waals surface area contributed by atoms with Crippen LogP contribution in [0.25, 0.3) is 0 Å². The second-order valence-electron chi connectivity index (χ2n) is 0.0845. The van der Waals surface area contributed by atoms with Gasteiger partial charge in [0.05, 0.1) is 0 Å². The van der Waals surface area contributed by atoms with Crippen LogP contribution in [0.3, 0.4) is 0 Å². The average Bonchev–Trinajstić information content (AvgIpc) is 0.918. The second-order valence-corrected chi connectivity index (χ2v) is 0.439. The Morgan fingerprint density at radius 2 is 1.83 bits per heavy atom. The average molecular weight is 168 g/mol. The first-order valence-corrected chi connectivity index (χ1v) is 1.21. The van der Waals surface area contributed by atoms with Gasteiger partial charge in [0.15, 0.2) is 17.4 Å². The first-order chi connectivity index (χ1) is 1.41. The van der Waals surface area contributed by atoms with E-state index >= 15 is 0 Å². The summed E-state index contributed by atoms with van der Waals surface area (Å²) in [4.78, 5) is 1.56. The molecule has 0 spiro atoms. The molecule has 0 saturated carbocycles. The summed E-state index contributed by atoms with van der Waals surface area (Å²) in [5.74, 6) is 0. The topological polar surface area (TPSA) is 23.8 Å². The summed E-state index contributed by atoms with van der Waals surface area (Å²) in [6.45, 7) is 0. The summed E-state index contributed by atoms with van der Waals surface area (Å²) in [5.41, 5.74) is 0. The van der Waals surface area contributed by atoms with Crippen LogP contribution in [0, 0.1) is 10.2 Å². The zero-order chi connectivity index (χ0) is 2.71. The largest absolute Gasteiger partial charge is 1.00 e. The Kier molecular flexibility index (Phi) is 172. The normalized spacial score (nSPS) is 1.33. The molecule has 34 valence electrons. The molecule has 0 aliphatic carbocycles. The van der Waals surface area contributed by atoms with E-state index in [1.165, 1.54) is 0 Å². The minimum absolute atomic E-state index is 0. The first kappa shape index (κ1) is 27.8. The monoisotopic (exact) mass is 167 g/mol. The summed E-state index contributed by atoms with van der Waals surface area (Å²) >= 11 is 2.45. The van der Waals surface area contributed by atoms with Crippen molar-refractivity contribution in [3.63, 3.8) is 0 Å². The fourth-order valence-electron chi connectivity index (χ4n) is 0. The van der Waals surface area contributed by atoms with E-state index in [2.05, 4.69) is 15.9 Å². The third-order valence-electron chi connectivity index (χ3n) is 0. The standard InChI is InChI=1S/CBrN.Al.FH.Li.H2.4H/c2-1-3;;;;;;;;/h;;1H;;1H;;;;/q;;;+1;;;;;-1/i;;;;1+2;;;;. The van der Waals surface area contributed by atoms with Gasteiger partial charge in [-0.2, -0.15) is 5.26 Å². The molecule has 0 heterocycles. The van der Waals surface area contributed by atoms with E-state index in [9.17, 15) is 0 Å². The minimum Gasteiger partial charge on any atom is -1.00 e. The van der Waals surface area contributed by atoms with Gasteiger partial charge in [0, 0.05) is 17.4 Å². The summed E-state index contributed by atoms with van der Waals surface area (Å²) in [6.07, 6.45) is 0. The van der Waals surface area contributed by atoms with E-state index in [4.69, 9.17) is 5.26 Å². The van der Waals surface area contributed by atoms with Crippen LogP contribution in [0.4, 0.5) is 4.70 Å². The van der Waals surface area contributed by atoms with Crippen LogP contribution in [0.15, 0.2) is 0 Å². The Balaban J connectivity index is -0.00000000200. The predicted octanol–water partition coefficient (Wildman–Crippen LogP) is -2.81. The summed E-state index contributed by atoms with van der Waals surface area (Å²) in [6, 6.07) is 0. The molecule has 0 N–H and O–H groups in total. The Labute approximate surface area is 69.9 Å². The number of hydrogen-bond acceptors (Lipinski definition) is 1. The van der Waals surface area contributed by atoms with Crippen LogP contribution in [-0.4, -0.2) is 17.4 Å². The Bertz CT molecular complexity index is 43.5. The first-order valence-electron chi connectivity index (χ1n) is 0.413. The van der Waals surface area contributed by atoms with E-state index < -0.39 is 0 Å². The molecule has 0 rings (SSSR count). The Morgan fingerprint density at radius 1 is 1.83 bits per heavy atom. The number of halogens is 2. The maximum atomic E-state index is 7.24. The molecule has 0 atom stereocenters. The van der Waals surface area contributed by atoms with Gasteiger partial charge in [0.1, 0.15) is 4.98 Å². The van der Waals surface area contributed by atoms with E-state index in [1.54, 1.807) is 4.98 Å². The molecule has 1 nitrogen and oxygen atoms in total. The molecule has 0 aromatic rings. The molecule has 6 heavy (non-hydrogen) atoms. The molecule has 0 aromatic heterocycles. The van der Waals surface area contributed by atoms with Crippen molar-refractivity contribution in [3.05, 3.63) is 0 Å². The number of nitriles is 1. The molecule has 0 aliphatic rings. The van der Waals surface area contributed by atoms with Crippen LogP contribution in [0.2, 0.25) is 0 Å². The van der Waals surface area contributed by atoms with E-state index in [1.807, 2.05) is 0 Å². The summed E-state index contributed by atoms with van der Waals surface area (Å²) in [5, 5.41) is 7.24. The second kappa shape index (κ2) is 37.0.